The van der Waals surface area contributed by atoms with Crippen molar-refractivity contribution in [1.82, 2.24) is 15.1 Å². The van der Waals surface area contributed by atoms with Gasteiger partial charge in [0.2, 0.25) is 5.91 Å². The highest BCUT2D eigenvalue weighted by Gasteiger charge is 2.41. The second-order valence-electron chi connectivity index (χ2n) is 8.67. The van der Waals surface area contributed by atoms with Gasteiger partial charge in [-0.15, -0.1) is 0 Å². The Balaban J connectivity index is 1.51. The van der Waals surface area contributed by atoms with Crippen LogP contribution in [0.25, 0.3) is 0 Å². The van der Waals surface area contributed by atoms with Crippen molar-refractivity contribution >= 4 is 28.8 Å². The molecule has 3 aliphatic rings. The molecule has 0 radical (unpaired) electrons. The SMILES string of the molecule is C=CCOC(=O)C1=C(C)N=C2SC=C(CC(=O)NCCN3CCOCC3)N2C1c1ccc(C)cc1. The van der Waals surface area contributed by atoms with E-state index in [-0.39, 0.29) is 18.9 Å². The summed E-state index contributed by atoms with van der Waals surface area (Å²) in [6, 6.07) is 7.64. The molecule has 0 aromatic heterocycles. The second kappa shape index (κ2) is 11.7. The van der Waals surface area contributed by atoms with E-state index in [0.29, 0.717) is 17.8 Å². The lowest BCUT2D eigenvalue weighted by molar-refractivity contribution is -0.138. The molecule has 9 heteroatoms. The maximum atomic E-state index is 13.1. The average Bonchev–Trinajstić information content (AvgIpc) is 3.24. The minimum Gasteiger partial charge on any atom is -0.458 e. The van der Waals surface area contributed by atoms with Crippen molar-refractivity contribution in [3.63, 3.8) is 0 Å². The first kappa shape index (κ1) is 25.2. The molecule has 3 aliphatic heterocycles. The molecule has 4 rings (SSSR count). The predicted octanol–water partition coefficient (Wildman–Crippen LogP) is 3.14. The van der Waals surface area contributed by atoms with Crippen LogP contribution < -0.4 is 5.32 Å². The van der Waals surface area contributed by atoms with E-state index in [4.69, 9.17) is 9.47 Å². The number of aliphatic imine (C=N–C) groups is 1. The van der Waals surface area contributed by atoms with E-state index >= 15 is 0 Å². The number of allylic oxidation sites excluding steroid dienone is 1. The summed E-state index contributed by atoms with van der Waals surface area (Å²) in [7, 11) is 0. The van der Waals surface area contributed by atoms with Crippen LogP contribution in [-0.4, -0.2) is 72.8 Å². The number of aryl methyl sites for hydroxylation is 1. The lowest BCUT2D eigenvalue weighted by Gasteiger charge is -2.36. The number of amidine groups is 1. The minimum absolute atomic E-state index is 0.0592. The van der Waals surface area contributed by atoms with Crippen molar-refractivity contribution in [2.75, 3.05) is 46.0 Å². The van der Waals surface area contributed by atoms with Crippen molar-refractivity contribution in [1.29, 1.82) is 0 Å². The van der Waals surface area contributed by atoms with Gasteiger partial charge in [-0.1, -0.05) is 54.2 Å². The quantitative estimate of drug-likeness (QED) is 0.415. The molecule has 8 nitrogen and oxygen atoms in total. The average molecular weight is 497 g/mol. The van der Waals surface area contributed by atoms with Crippen molar-refractivity contribution in [2.24, 2.45) is 4.99 Å². The first-order valence-electron chi connectivity index (χ1n) is 11.8. The molecule has 1 saturated heterocycles. The number of hydrogen-bond donors (Lipinski definition) is 1. The van der Waals surface area contributed by atoms with E-state index < -0.39 is 12.0 Å². The molecule has 3 heterocycles. The third-order valence-corrected chi connectivity index (χ3v) is 7.03. The molecule has 0 spiro atoms. The van der Waals surface area contributed by atoms with E-state index in [0.717, 1.165) is 54.8 Å². The highest BCUT2D eigenvalue weighted by Crippen LogP contribution is 2.44. The van der Waals surface area contributed by atoms with Gasteiger partial charge >= 0.3 is 5.97 Å². The fourth-order valence-electron chi connectivity index (χ4n) is 4.31. The van der Waals surface area contributed by atoms with Crippen LogP contribution in [0.3, 0.4) is 0 Å². The number of carbonyl (C=O) groups is 2. The van der Waals surface area contributed by atoms with E-state index in [1.807, 2.05) is 48.4 Å². The standard InChI is InChI=1S/C26H32N4O4S/c1-4-13-34-25(32)23-19(3)28-26-30(24(23)20-7-5-18(2)6-8-20)21(17-35-26)16-22(31)27-9-10-29-11-14-33-15-12-29/h4-8,17,24H,1,9-16H2,2-3H3,(H,27,31). The molecule has 1 amide bonds. The number of amides is 1. The number of fused-ring (bicyclic) bond motifs is 1. The number of thioether (sulfide) groups is 1. The fraction of sp³-hybridized carbons (Fsp3) is 0.423. The number of ether oxygens (including phenoxy) is 2. The molecular formula is C26H32N4O4S. The summed E-state index contributed by atoms with van der Waals surface area (Å²) in [5.41, 5.74) is 3.97. The Kier molecular flexibility index (Phi) is 8.43. The molecule has 1 unspecified atom stereocenters. The third-order valence-electron chi connectivity index (χ3n) is 6.14. The zero-order valence-electron chi connectivity index (χ0n) is 20.3. The van der Waals surface area contributed by atoms with Crippen LogP contribution in [-0.2, 0) is 19.1 Å². The van der Waals surface area contributed by atoms with Crippen LogP contribution >= 0.6 is 11.8 Å². The number of nitrogens with zero attached hydrogens (tertiary/aromatic N) is 3. The molecule has 0 bridgehead atoms. The Hall–Kier alpha value is -2.88. The van der Waals surface area contributed by atoms with Crippen molar-refractivity contribution in [2.45, 2.75) is 26.3 Å². The highest BCUT2D eigenvalue weighted by molar-refractivity contribution is 8.16. The number of morpholine rings is 1. The minimum atomic E-state index is -0.429. The van der Waals surface area contributed by atoms with Gasteiger partial charge in [0.15, 0.2) is 5.17 Å². The van der Waals surface area contributed by atoms with Gasteiger partial charge < -0.3 is 19.7 Å². The summed E-state index contributed by atoms with van der Waals surface area (Å²) in [4.78, 5) is 34.9. The lowest BCUT2D eigenvalue weighted by atomic mass is 9.93. The van der Waals surface area contributed by atoms with Crippen LogP contribution in [0.1, 0.15) is 30.5 Å². The largest absolute Gasteiger partial charge is 0.458 e. The maximum Gasteiger partial charge on any atom is 0.338 e. The molecule has 0 aliphatic carbocycles. The first-order chi connectivity index (χ1) is 17.0. The molecule has 0 saturated carbocycles. The molecule has 35 heavy (non-hydrogen) atoms. The van der Waals surface area contributed by atoms with Gasteiger partial charge in [-0.25, -0.2) is 9.79 Å². The summed E-state index contributed by atoms with van der Waals surface area (Å²) in [5, 5.41) is 5.74. The Morgan fingerprint density at radius 2 is 2.00 bits per heavy atom. The fourth-order valence-corrected chi connectivity index (χ4v) is 5.28. The third kappa shape index (κ3) is 6.04. The molecule has 1 fully saturated rings. The van der Waals surface area contributed by atoms with Gasteiger partial charge in [0.05, 0.1) is 36.9 Å². The highest BCUT2D eigenvalue weighted by atomic mass is 32.2. The van der Waals surface area contributed by atoms with Gasteiger partial charge in [0.25, 0.3) is 0 Å². The topological polar surface area (TPSA) is 83.5 Å². The summed E-state index contributed by atoms with van der Waals surface area (Å²) >= 11 is 1.47. The summed E-state index contributed by atoms with van der Waals surface area (Å²) < 4.78 is 10.8. The Labute approximate surface area is 210 Å². The first-order valence-corrected chi connectivity index (χ1v) is 12.7. The van der Waals surface area contributed by atoms with Crippen LogP contribution in [0.15, 0.2) is 64.3 Å². The van der Waals surface area contributed by atoms with Crippen LogP contribution in [0, 0.1) is 6.92 Å². The number of hydrogen-bond acceptors (Lipinski definition) is 8. The number of esters is 1. The van der Waals surface area contributed by atoms with E-state index in [2.05, 4.69) is 21.8 Å². The van der Waals surface area contributed by atoms with Gasteiger partial charge in [0, 0.05) is 31.9 Å². The molecule has 1 N–H and O–H groups in total. The Bertz CT molecular complexity index is 1060. The monoisotopic (exact) mass is 496 g/mol. The summed E-state index contributed by atoms with van der Waals surface area (Å²) in [6.45, 7) is 12.2. The smallest absolute Gasteiger partial charge is 0.338 e. The number of nitrogens with one attached hydrogen (secondary N) is 1. The van der Waals surface area contributed by atoms with Crippen LogP contribution in [0.2, 0.25) is 0 Å². The number of benzene rings is 1. The second-order valence-corrected chi connectivity index (χ2v) is 9.51. The zero-order valence-corrected chi connectivity index (χ0v) is 21.1. The van der Waals surface area contributed by atoms with Crippen molar-refractivity contribution < 1.29 is 19.1 Å². The Morgan fingerprint density at radius 3 is 2.71 bits per heavy atom. The molecule has 1 atom stereocenters. The summed E-state index contributed by atoms with van der Waals surface area (Å²) in [5.74, 6) is -0.488. The normalized spacial score (nSPS) is 20.2. The zero-order chi connectivity index (χ0) is 24.8. The molecular weight excluding hydrogens is 464 g/mol. The van der Waals surface area contributed by atoms with E-state index in [9.17, 15) is 9.59 Å². The van der Waals surface area contributed by atoms with Crippen molar-refractivity contribution in [3.8, 4) is 0 Å². The van der Waals surface area contributed by atoms with Gasteiger partial charge in [-0.2, -0.15) is 0 Å². The van der Waals surface area contributed by atoms with Gasteiger partial charge in [-0.05, 0) is 24.8 Å². The Morgan fingerprint density at radius 1 is 1.26 bits per heavy atom. The summed E-state index contributed by atoms with van der Waals surface area (Å²) in [6.07, 6.45) is 1.75. The van der Waals surface area contributed by atoms with E-state index in [1.54, 1.807) is 6.08 Å². The lowest BCUT2D eigenvalue weighted by Crippen LogP contribution is -2.42. The molecule has 186 valence electrons. The van der Waals surface area contributed by atoms with Crippen LogP contribution in [0.5, 0.6) is 0 Å². The molecule has 1 aromatic carbocycles. The predicted molar refractivity (Wildman–Crippen MR) is 138 cm³/mol. The number of carbonyl (C=O) groups excluding carboxylic acids is 2. The van der Waals surface area contributed by atoms with Gasteiger partial charge in [-0.3, -0.25) is 9.69 Å². The van der Waals surface area contributed by atoms with E-state index in [1.165, 1.54) is 11.8 Å². The van der Waals surface area contributed by atoms with Crippen molar-refractivity contribution in [3.05, 3.63) is 70.4 Å². The maximum absolute atomic E-state index is 13.1. The van der Waals surface area contributed by atoms with Gasteiger partial charge in [0.1, 0.15) is 6.61 Å². The van der Waals surface area contributed by atoms with Crippen LogP contribution in [0.4, 0.5) is 0 Å². The molecule has 1 aromatic rings. The number of rotatable bonds is 9.